The van der Waals surface area contributed by atoms with Gasteiger partial charge in [-0.15, -0.1) is 0 Å². The van der Waals surface area contributed by atoms with Crippen molar-refractivity contribution in [2.75, 3.05) is 56.8 Å². The van der Waals surface area contributed by atoms with E-state index in [-0.39, 0.29) is 6.04 Å². The number of piperazine rings is 1. The first-order chi connectivity index (χ1) is 16.2. The highest BCUT2D eigenvalue weighted by molar-refractivity contribution is 5.90. The molecule has 7 heteroatoms. The summed E-state index contributed by atoms with van der Waals surface area (Å²) in [5, 5.41) is 1.09. The van der Waals surface area contributed by atoms with E-state index in [0.717, 1.165) is 72.1 Å². The Kier molecular flexibility index (Phi) is 6.33. The van der Waals surface area contributed by atoms with Crippen molar-refractivity contribution in [1.82, 2.24) is 9.97 Å². The van der Waals surface area contributed by atoms with Crippen LogP contribution in [0.2, 0.25) is 0 Å². The van der Waals surface area contributed by atoms with Gasteiger partial charge in [0.1, 0.15) is 17.4 Å². The van der Waals surface area contributed by atoms with E-state index >= 15 is 0 Å². The van der Waals surface area contributed by atoms with Crippen molar-refractivity contribution in [2.24, 2.45) is 5.73 Å². The van der Waals surface area contributed by atoms with Crippen LogP contribution in [0.25, 0.3) is 10.9 Å². The number of methoxy groups -OCH3 is 2. The van der Waals surface area contributed by atoms with Crippen LogP contribution >= 0.6 is 0 Å². The number of nitrogens with two attached hydrogens (primary N) is 1. The molecule has 5 rings (SSSR count). The summed E-state index contributed by atoms with van der Waals surface area (Å²) in [5.74, 6) is 3.46. The maximum Gasteiger partial charge on any atom is 0.142 e. The van der Waals surface area contributed by atoms with E-state index in [2.05, 4.69) is 40.1 Å². The fourth-order valence-electron chi connectivity index (χ4n) is 4.60. The number of benzene rings is 2. The van der Waals surface area contributed by atoms with E-state index in [4.69, 9.17) is 25.2 Å². The van der Waals surface area contributed by atoms with Gasteiger partial charge in [-0.1, -0.05) is 18.2 Å². The Morgan fingerprint density at radius 2 is 1.76 bits per heavy atom. The standard InChI is InChI=1S/C26H33N5O2/c1-32-16-11-21(27)19-9-10-22-20(17-19)26(29-25(28-22)18-7-8-18)31-14-12-30(13-15-31)23-5-3-4-6-24(23)33-2/h3-6,9-10,17-18,21H,7-8,11-16,27H2,1-2H3. The van der Waals surface area contributed by atoms with Gasteiger partial charge in [-0.25, -0.2) is 9.97 Å². The van der Waals surface area contributed by atoms with Gasteiger partial charge in [0.25, 0.3) is 0 Å². The lowest BCUT2D eigenvalue weighted by Crippen LogP contribution is -2.47. The Bertz CT molecular complexity index is 1110. The largest absolute Gasteiger partial charge is 0.495 e. The minimum Gasteiger partial charge on any atom is -0.495 e. The molecular weight excluding hydrogens is 414 g/mol. The maximum atomic E-state index is 6.45. The number of hydrogen-bond acceptors (Lipinski definition) is 7. The Morgan fingerprint density at radius 1 is 1.00 bits per heavy atom. The minimum atomic E-state index is -0.0623. The molecule has 1 saturated carbocycles. The molecule has 1 atom stereocenters. The molecule has 0 radical (unpaired) electrons. The summed E-state index contributed by atoms with van der Waals surface area (Å²) in [4.78, 5) is 14.8. The molecule has 2 fully saturated rings. The average Bonchev–Trinajstić information content (AvgIpc) is 3.72. The Hall–Kier alpha value is -2.90. The lowest BCUT2D eigenvalue weighted by atomic mass is 10.0. The second-order valence-electron chi connectivity index (χ2n) is 8.99. The van der Waals surface area contributed by atoms with Crippen LogP contribution in [0.3, 0.4) is 0 Å². The molecule has 1 aliphatic heterocycles. The van der Waals surface area contributed by atoms with Crippen molar-refractivity contribution in [1.29, 1.82) is 0 Å². The van der Waals surface area contributed by atoms with Crippen LogP contribution in [0.5, 0.6) is 5.75 Å². The van der Waals surface area contributed by atoms with Crippen LogP contribution in [0, 0.1) is 0 Å². The van der Waals surface area contributed by atoms with E-state index in [1.165, 1.54) is 12.8 Å². The van der Waals surface area contributed by atoms with Crippen molar-refractivity contribution < 1.29 is 9.47 Å². The summed E-state index contributed by atoms with van der Waals surface area (Å²) in [6.07, 6.45) is 3.16. The first-order valence-electron chi connectivity index (χ1n) is 11.9. The normalized spacial score (nSPS) is 17.4. The van der Waals surface area contributed by atoms with Gasteiger partial charge in [-0.2, -0.15) is 0 Å². The molecule has 174 valence electrons. The topological polar surface area (TPSA) is 76.7 Å². The SMILES string of the molecule is COCCC(N)c1ccc2nc(C3CC3)nc(N3CCN(c4ccccc4OC)CC3)c2c1. The summed E-state index contributed by atoms with van der Waals surface area (Å²) in [6.45, 7) is 4.27. The van der Waals surface area contributed by atoms with E-state index in [1.807, 2.05) is 12.1 Å². The maximum absolute atomic E-state index is 6.45. The third kappa shape index (κ3) is 4.61. The quantitative estimate of drug-likeness (QED) is 0.562. The zero-order valence-electron chi connectivity index (χ0n) is 19.5. The highest BCUT2D eigenvalue weighted by Crippen LogP contribution is 2.40. The zero-order chi connectivity index (χ0) is 22.8. The van der Waals surface area contributed by atoms with E-state index in [0.29, 0.717) is 12.5 Å². The molecule has 7 nitrogen and oxygen atoms in total. The number of aromatic nitrogens is 2. The fourth-order valence-corrected chi connectivity index (χ4v) is 4.60. The molecule has 1 unspecified atom stereocenters. The number of hydrogen-bond donors (Lipinski definition) is 1. The van der Waals surface area contributed by atoms with Gasteiger partial charge in [0.2, 0.25) is 0 Å². The molecule has 0 amide bonds. The zero-order valence-corrected chi connectivity index (χ0v) is 19.5. The van der Waals surface area contributed by atoms with Crippen molar-refractivity contribution in [3.63, 3.8) is 0 Å². The van der Waals surface area contributed by atoms with E-state index in [1.54, 1.807) is 14.2 Å². The summed E-state index contributed by atoms with van der Waals surface area (Å²) in [6, 6.07) is 14.6. The smallest absolute Gasteiger partial charge is 0.142 e. The second-order valence-corrected chi connectivity index (χ2v) is 8.99. The molecular formula is C26H33N5O2. The van der Waals surface area contributed by atoms with Gasteiger partial charge < -0.3 is 25.0 Å². The third-order valence-corrected chi connectivity index (χ3v) is 6.73. The second kappa shape index (κ2) is 9.53. The van der Waals surface area contributed by atoms with Crippen LogP contribution in [-0.4, -0.2) is 57.0 Å². The molecule has 2 heterocycles. The Morgan fingerprint density at radius 3 is 2.48 bits per heavy atom. The molecule has 2 N–H and O–H groups in total. The lowest BCUT2D eigenvalue weighted by molar-refractivity contribution is 0.188. The Balaban J connectivity index is 1.43. The highest BCUT2D eigenvalue weighted by Gasteiger charge is 2.29. The number of ether oxygens (including phenoxy) is 2. The van der Waals surface area contributed by atoms with Crippen molar-refractivity contribution >= 4 is 22.4 Å². The van der Waals surface area contributed by atoms with Crippen LogP contribution in [0.4, 0.5) is 11.5 Å². The van der Waals surface area contributed by atoms with Crippen LogP contribution in [0.15, 0.2) is 42.5 Å². The summed E-state index contributed by atoms with van der Waals surface area (Å²) < 4.78 is 10.8. The first-order valence-corrected chi connectivity index (χ1v) is 11.9. The van der Waals surface area contributed by atoms with E-state index < -0.39 is 0 Å². The van der Waals surface area contributed by atoms with Crippen LogP contribution in [0.1, 0.15) is 42.6 Å². The average molecular weight is 448 g/mol. The van der Waals surface area contributed by atoms with Crippen LogP contribution in [-0.2, 0) is 4.74 Å². The van der Waals surface area contributed by atoms with Crippen LogP contribution < -0.4 is 20.3 Å². The number of rotatable bonds is 8. The van der Waals surface area contributed by atoms with E-state index in [9.17, 15) is 0 Å². The van der Waals surface area contributed by atoms with Crippen molar-refractivity contribution in [3.8, 4) is 5.75 Å². The fraction of sp³-hybridized carbons (Fsp3) is 0.462. The van der Waals surface area contributed by atoms with Crippen molar-refractivity contribution in [2.45, 2.75) is 31.2 Å². The molecule has 3 aromatic rings. The van der Waals surface area contributed by atoms with Gasteiger partial charge in [-0.05, 0) is 49.1 Å². The molecule has 2 aromatic carbocycles. The predicted molar refractivity (Wildman–Crippen MR) is 132 cm³/mol. The minimum absolute atomic E-state index is 0.0623. The lowest BCUT2D eigenvalue weighted by Gasteiger charge is -2.37. The molecule has 1 saturated heterocycles. The number of anilines is 2. The molecule has 0 bridgehead atoms. The first kappa shape index (κ1) is 21.9. The van der Waals surface area contributed by atoms with Gasteiger partial charge in [0.15, 0.2) is 0 Å². The molecule has 0 spiro atoms. The number of nitrogens with zero attached hydrogens (tertiary/aromatic N) is 4. The Labute approximate surface area is 195 Å². The molecule has 1 aromatic heterocycles. The van der Waals surface area contributed by atoms with Crippen molar-refractivity contribution in [3.05, 3.63) is 53.9 Å². The summed E-state index contributed by atoms with van der Waals surface area (Å²) in [5.41, 5.74) is 9.71. The number of fused-ring (bicyclic) bond motifs is 1. The molecule has 1 aliphatic carbocycles. The summed E-state index contributed by atoms with van der Waals surface area (Å²) in [7, 11) is 3.44. The third-order valence-electron chi connectivity index (χ3n) is 6.73. The molecule has 33 heavy (non-hydrogen) atoms. The highest BCUT2D eigenvalue weighted by atomic mass is 16.5. The van der Waals surface area contributed by atoms with Gasteiger partial charge in [0.05, 0.1) is 18.3 Å². The predicted octanol–water partition coefficient (Wildman–Crippen LogP) is 3.88. The molecule has 2 aliphatic rings. The van der Waals surface area contributed by atoms with Gasteiger partial charge >= 0.3 is 0 Å². The monoisotopic (exact) mass is 447 g/mol. The van der Waals surface area contributed by atoms with Gasteiger partial charge in [-0.3, -0.25) is 0 Å². The van der Waals surface area contributed by atoms with Gasteiger partial charge in [0, 0.05) is 57.2 Å². The summed E-state index contributed by atoms with van der Waals surface area (Å²) >= 11 is 0. The number of para-hydroxylation sites is 2.